The highest BCUT2D eigenvalue weighted by molar-refractivity contribution is 7.98. The van der Waals surface area contributed by atoms with Gasteiger partial charge in [-0.05, 0) is 25.5 Å². The minimum atomic E-state index is -0.215. The molecule has 5 nitrogen and oxygen atoms in total. The number of likely N-dealkylation sites (tertiary alicyclic amines) is 1. The first kappa shape index (κ1) is 13.2. The summed E-state index contributed by atoms with van der Waals surface area (Å²) in [6.07, 6.45) is 5.31. The molecule has 92 valence electrons. The Kier molecular flexibility index (Phi) is 5.45. The number of thioether (sulfide) groups is 1. The highest BCUT2D eigenvalue weighted by Gasteiger charge is 2.29. The van der Waals surface area contributed by atoms with Crippen LogP contribution in [0.5, 0.6) is 0 Å². The number of nitrogens with zero attached hydrogens (tertiary/aromatic N) is 2. The molecule has 16 heavy (non-hydrogen) atoms. The van der Waals surface area contributed by atoms with E-state index in [2.05, 4.69) is 5.16 Å². The molecule has 1 aliphatic rings. The highest BCUT2D eigenvalue weighted by atomic mass is 32.2. The minimum Gasteiger partial charge on any atom is -0.409 e. The monoisotopic (exact) mass is 245 g/mol. The minimum absolute atomic E-state index is 0.102. The first-order valence-corrected chi connectivity index (χ1v) is 6.86. The number of hydrogen-bond donors (Lipinski definition) is 2. The van der Waals surface area contributed by atoms with Gasteiger partial charge in [0.05, 0.1) is 6.04 Å². The van der Waals surface area contributed by atoms with Crippen LogP contribution in [-0.2, 0) is 4.79 Å². The van der Waals surface area contributed by atoms with E-state index in [1.807, 2.05) is 6.26 Å². The Morgan fingerprint density at radius 3 is 3.00 bits per heavy atom. The number of nitrogens with two attached hydrogens (primary N) is 1. The summed E-state index contributed by atoms with van der Waals surface area (Å²) >= 11 is 1.65. The van der Waals surface area contributed by atoms with E-state index in [0.717, 1.165) is 25.0 Å². The normalized spacial score (nSPS) is 22.2. The Labute approximate surface area is 100 Å². The molecule has 0 saturated carbocycles. The summed E-state index contributed by atoms with van der Waals surface area (Å²) in [6, 6.07) is -0.215. The largest absolute Gasteiger partial charge is 0.409 e. The van der Waals surface area contributed by atoms with Gasteiger partial charge in [-0.3, -0.25) is 4.79 Å². The summed E-state index contributed by atoms with van der Waals surface area (Å²) in [6.45, 7) is 0.716. The van der Waals surface area contributed by atoms with E-state index in [4.69, 9.17) is 10.9 Å². The molecule has 1 fully saturated rings. The van der Waals surface area contributed by atoms with Crippen LogP contribution in [0, 0.1) is 0 Å². The Morgan fingerprint density at radius 2 is 2.38 bits per heavy atom. The van der Waals surface area contributed by atoms with Crippen LogP contribution in [-0.4, -0.2) is 46.4 Å². The number of carbonyl (C=O) groups excluding carboxylic acids is 1. The molecule has 1 atom stereocenters. The molecule has 0 spiro atoms. The molecule has 0 aromatic heterocycles. The highest BCUT2D eigenvalue weighted by Crippen LogP contribution is 2.18. The van der Waals surface area contributed by atoms with E-state index in [9.17, 15) is 4.79 Å². The molecule has 1 heterocycles. The van der Waals surface area contributed by atoms with Crippen LogP contribution in [0.25, 0.3) is 0 Å². The Morgan fingerprint density at radius 1 is 1.62 bits per heavy atom. The van der Waals surface area contributed by atoms with E-state index < -0.39 is 0 Å². The molecule has 6 heteroatoms. The van der Waals surface area contributed by atoms with Crippen molar-refractivity contribution in [2.45, 2.75) is 31.7 Å². The molecule has 3 N–H and O–H groups in total. The predicted octanol–water partition coefficient (Wildman–Crippen LogP) is 0.867. The van der Waals surface area contributed by atoms with Crippen molar-refractivity contribution >= 4 is 23.5 Å². The van der Waals surface area contributed by atoms with Crippen LogP contribution in [0.15, 0.2) is 5.16 Å². The molecule has 0 aromatic rings. The van der Waals surface area contributed by atoms with Gasteiger partial charge in [0.1, 0.15) is 0 Å². The lowest BCUT2D eigenvalue weighted by Gasteiger charge is -2.34. The van der Waals surface area contributed by atoms with Gasteiger partial charge in [-0.2, -0.15) is 11.8 Å². The fraction of sp³-hybridized carbons (Fsp3) is 0.800. The van der Waals surface area contributed by atoms with Gasteiger partial charge in [0.2, 0.25) is 5.91 Å². The summed E-state index contributed by atoms with van der Waals surface area (Å²) in [5.74, 6) is 1.07. The molecule has 1 rings (SSSR count). The lowest BCUT2D eigenvalue weighted by Crippen LogP contribution is -2.50. The third-order valence-corrected chi connectivity index (χ3v) is 3.41. The summed E-state index contributed by atoms with van der Waals surface area (Å²) in [5.41, 5.74) is 5.61. The van der Waals surface area contributed by atoms with Gasteiger partial charge in [-0.25, -0.2) is 0 Å². The van der Waals surface area contributed by atoms with Crippen molar-refractivity contribution in [1.29, 1.82) is 0 Å². The van der Waals surface area contributed by atoms with Gasteiger partial charge in [0.25, 0.3) is 0 Å². The summed E-state index contributed by atoms with van der Waals surface area (Å²) in [7, 11) is 0. The molecule has 1 saturated heterocycles. The quantitative estimate of drug-likeness (QED) is 0.333. The van der Waals surface area contributed by atoms with Crippen molar-refractivity contribution in [3.05, 3.63) is 0 Å². The van der Waals surface area contributed by atoms with Crippen molar-refractivity contribution in [1.82, 2.24) is 4.90 Å². The van der Waals surface area contributed by atoms with Crippen molar-refractivity contribution in [2.24, 2.45) is 10.9 Å². The average molecular weight is 245 g/mol. The average Bonchev–Trinajstić information content (AvgIpc) is 2.35. The number of piperidine rings is 1. The van der Waals surface area contributed by atoms with Crippen LogP contribution in [0.2, 0.25) is 0 Å². The summed E-state index contributed by atoms with van der Waals surface area (Å²) in [5, 5.41) is 11.7. The predicted molar refractivity (Wildman–Crippen MR) is 65.8 cm³/mol. The van der Waals surface area contributed by atoms with Crippen LogP contribution in [0.3, 0.4) is 0 Å². The molecule has 0 aliphatic carbocycles. The van der Waals surface area contributed by atoms with Gasteiger partial charge in [0.15, 0.2) is 5.84 Å². The van der Waals surface area contributed by atoms with Gasteiger partial charge in [-0.1, -0.05) is 5.16 Å². The van der Waals surface area contributed by atoms with Crippen LogP contribution in [0.1, 0.15) is 25.7 Å². The van der Waals surface area contributed by atoms with Gasteiger partial charge < -0.3 is 15.8 Å². The lowest BCUT2D eigenvalue weighted by atomic mass is 10.0. The SMILES string of the molecule is CSCCC(=O)N1CCCCC1C(N)=NO. The molecular weight excluding hydrogens is 226 g/mol. The second kappa shape index (κ2) is 6.62. The second-order valence-corrected chi connectivity index (χ2v) is 4.85. The number of amidine groups is 1. The fourth-order valence-electron chi connectivity index (χ4n) is 1.94. The van der Waals surface area contributed by atoms with E-state index >= 15 is 0 Å². The zero-order valence-corrected chi connectivity index (χ0v) is 10.4. The van der Waals surface area contributed by atoms with Gasteiger partial charge in [-0.15, -0.1) is 0 Å². The topological polar surface area (TPSA) is 78.9 Å². The first-order chi connectivity index (χ1) is 7.70. The maximum absolute atomic E-state index is 11.9. The summed E-state index contributed by atoms with van der Waals surface area (Å²) in [4.78, 5) is 13.7. The van der Waals surface area contributed by atoms with Crippen molar-refractivity contribution in [2.75, 3.05) is 18.6 Å². The van der Waals surface area contributed by atoms with Crippen molar-refractivity contribution in [3.63, 3.8) is 0 Å². The van der Waals surface area contributed by atoms with Gasteiger partial charge >= 0.3 is 0 Å². The number of rotatable bonds is 4. The number of oxime groups is 1. The molecule has 0 bridgehead atoms. The van der Waals surface area contributed by atoms with E-state index in [-0.39, 0.29) is 17.8 Å². The first-order valence-electron chi connectivity index (χ1n) is 5.46. The maximum Gasteiger partial charge on any atom is 0.224 e. The molecule has 1 aliphatic heterocycles. The molecule has 0 aromatic carbocycles. The number of carbonyl (C=O) groups is 1. The lowest BCUT2D eigenvalue weighted by molar-refractivity contribution is -0.132. The van der Waals surface area contributed by atoms with Crippen LogP contribution >= 0.6 is 11.8 Å². The third-order valence-electron chi connectivity index (χ3n) is 2.80. The van der Waals surface area contributed by atoms with Crippen molar-refractivity contribution < 1.29 is 10.0 Å². The van der Waals surface area contributed by atoms with E-state index in [1.54, 1.807) is 16.7 Å². The zero-order chi connectivity index (χ0) is 12.0. The Bertz CT molecular complexity index is 271. The van der Waals surface area contributed by atoms with E-state index in [1.165, 1.54) is 0 Å². The van der Waals surface area contributed by atoms with E-state index in [0.29, 0.717) is 13.0 Å². The van der Waals surface area contributed by atoms with Crippen LogP contribution in [0.4, 0.5) is 0 Å². The zero-order valence-electron chi connectivity index (χ0n) is 9.56. The maximum atomic E-state index is 11.9. The second-order valence-electron chi connectivity index (χ2n) is 3.87. The number of amides is 1. The molecular formula is C10H19N3O2S. The fourth-order valence-corrected chi connectivity index (χ4v) is 2.32. The molecule has 0 radical (unpaired) electrons. The summed E-state index contributed by atoms with van der Waals surface area (Å²) < 4.78 is 0. The Hall–Kier alpha value is -0.910. The van der Waals surface area contributed by atoms with Gasteiger partial charge in [0, 0.05) is 18.7 Å². The third kappa shape index (κ3) is 3.30. The molecule has 1 amide bonds. The molecule has 1 unspecified atom stereocenters. The van der Waals surface area contributed by atoms with Crippen LogP contribution < -0.4 is 5.73 Å². The number of hydrogen-bond acceptors (Lipinski definition) is 4. The standard InChI is InChI=1S/C10H19N3O2S/c1-16-7-5-9(14)13-6-3-2-4-8(13)10(11)12-15/h8,15H,2-7H2,1H3,(H2,11,12). The Balaban J connectivity index is 2.62. The van der Waals surface area contributed by atoms with Crippen molar-refractivity contribution in [3.8, 4) is 0 Å². The smallest absolute Gasteiger partial charge is 0.224 e.